The molecular formula is C12H16N2O. The predicted octanol–water partition coefficient (Wildman–Crippen LogP) is 2.03. The molecule has 0 atom stereocenters. The Morgan fingerprint density at radius 2 is 2.33 bits per heavy atom. The summed E-state index contributed by atoms with van der Waals surface area (Å²) >= 11 is 0. The van der Waals surface area contributed by atoms with Crippen molar-refractivity contribution in [3.63, 3.8) is 0 Å². The summed E-state index contributed by atoms with van der Waals surface area (Å²) in [5.41, 5.74) is 3.55. The van der Waals surface area contributed by atoms with Crippen LogP contribution in [0.3, 0.4) is 0 Å². The van der Waals surface area contributed by atoms with Crippen LogP contribution in [0.4, 0.5) is 11.4 Å². The van der Waals surface area contributed by atoms with Crippen LogP contribution >= 0.6 is 0 Å². The number of likely N-dealkylation sites (N-methyl/N-ethyl adjacent to an activating group) is 1. The maximum atomic E-state index is 10.9. The van der Waals surface area contributed by atoms with E-state index in [1.54, 1.807) is 0 Å². The fourth-order valence-corrected chi connectivity index (χ4v) is 2.08. The summed E-state index contributed by atoms with van der Waals surface area (Å²) in [6.45, 7) is 5.84. The largest absolute Gasteiger partial charge is 0.371 e. The number of nitrogens with one attached hydrogen (secondary N) is 1. The van der Waals surface area contributed by atoms with E-state index in [0.717, 1.165) is 25.2 Å². The van der Waals surface area contributed by atoms with Crippen LogP contribution in [0.25, 0.3) is 0 Å². The zero-order valence-electron chi connectivity index (χ0n) is 9.21. The second-order valence-corrected chi connectivity index (χ2v) is 3.85. The van der Waals surface area contributed by atoms with Crippen LogP contribution in [0, 0.1) is 0 Å². The maximum Gasteiger partial charge on any atom is 0.221 e. The molecule has 1 aromatic rings. The average molecular weight is 204 g/mol. The minimum absolute atomic E-state index is 0.0136. The Hall–Kier alpha value is -1.51. The number of fused-ring (bicyclic) bond motifs is 1. The molecule has 3 heteroatoms. The molecule has 0 saturated heterocycles. The van der Waals surface area contributed by atoms with E-state index in [1.807, 2.05) is 6.07 Å². The molecule has 1 aliphatic heterocycles. The SMILES string of the molecule is CCN1CCc2cc(NC(C)=O)ccc21. The number of anilines is 2. The van der Waals surface area contributed by atoms with Crippen molar-refractivity contribution < 1.29 is 4.79 Å². The van der Waals surface area contributed by atoms with E-state index < -0.39 is 0 Å². The van der Waals surface area contributed by atoms with Gasteiger partial charge in [-0.2, -0.15) is 0 Å². The number of amides is 1. The topological polar surface area (TPSA) is 32.3 Å². The summed E-state index contributed by atoms with van der Waals surface area (Å²) in [4.78, 5) is 13.3. The van der Waals surface area contributed by atoms with Gasteiger partial charge >= 0.3 is 0 Å². The molecule has 0 radical (unpaired) electrons. The molecular weight excluding hydrogens is 188 g/mol. The van der Waals surface area contributed by atoms with Crippen LogP contribution in [0.2, 0.25) is 0 Å². The highest BCUT2D eigenvalue weighted by Crippen LogP contribution is 2.29. The number of rotatable bonds is 2. The quantitative estimate of drug-likeness (QED) is 0.799. The lowest BCUT2D eigenvalue weighted by molar-refractivity contribution is -0.114. The highest BCUT2D eigenvalue weighted by molar-refractivity contribution is 5.89. The van der Waals surface area contributed by atoms with E-state index in [0.29, 0.717) is 0 Å². The molecule has 0 unspecified atom stereocenters. The summed E-state index contributed by atoms with van der Waals surface area (Å²) in [7, 11) is 0. The number of nitrogens with zero attached hydrogens (tertiary/aromatic N) is 1. The van der Waals surface area contributed by atoms with Gasteiger partial charge in [-0.05, 0) is 37.1 Å². The van der Waals surface area contributed by atoms with Crippen molar-refractivity contribution in [2.45, 2.75) is 20.3 Å². The Balaban J connectivity index is 2.25. The number of carbonyl (C=O) groups excluding carboxylic acids is 1. The lowest BCUT2D eigenvalue weighted by Crippen LogP contribution is -2.19. The first-order valence-electron chi connectivity index (χ1n) is 5.36. The van der Waals surface area contributed by atoms with Gasteiger partial charge in [-0.3, -0.25) is 4.79 Å². The molecule has 1 amide bonds. The van der Waals surface area contributed by atoms with Crippen molar-refractivity contribution in [3.8, 4) is 0 Å². The molecule has 0 aromatic heterocycles. The van der Waals surface area contributed by atoms with E-state index in [9.17, 15) is 4.79 Å². The molecule has 3 nitrogen and oxygen atoms in total. The van der Waals surface area contributed by atoms with Gasteiger partial charge in [0, 0.05) is 31.4 Å². The predicted molar refractivity (Wildman–Crippen MR) is 62.3 cm³/mol. The van der Waals surface area contributed by atoms with Crippen LogP contribution in [-0.4, -0.2) is 19.0 Å². The smallest absolute Gasteiger partial charge is 0.221 e. The summed E-state index contributed by atoms with van der Waals surface area (Å²) < 4.78 is 0. The van der Waals surface area contributed by atoms with Crippen molar-refractivity contribution in [1.82, 2.24) is 0 Å². The molecule has 15 heavy (non-hydrogen) atoms. The lowest BCUT2D eigenvalue weighted by Gasteiger charge is -2.16. The minimum Gasteiger partial charge on any atom is -0.371 e. The molecule has 1 heterocycles. The second kappa shape index (κ2) is 3.93. The van der Waals surface area contributed by atoms with Crippen molar-refractivity contribution in [3.05, 3.63) is 23.8 Å². The molecule has 0 bridgehead atoms. The summed E-state index contributed by atoms with van der Waals surface area (Å²) in [6.07, 6.45) is 1.08. The first kappa shape index (κ1) is 10.0. The standard InChI is InChI=1S/C12H16N2O/c1-3-14-7-6-10-8-11(13-9(2)15)4-5-12(10)14/h4-5,8H,3,6-7H2,1-2H3,(H,13,15). The van der Waals surface area contributed by atoms with Gasteiger partial charge in [0.2, 0.25) is 5.91 Å². The van der Waals surface area contributed by atoms with Gasteiger partial charge in [0.25, 0.3) is 0 Å². The van der Waals surface area contributed by atoms with Crippen LogP contribution in [0.5, 0.6) is 0 Å². The lowest BCUT2D eigenvalue weighted by atomic mass is 10.1. The molecule has 1 N–H and O–H groups in total. The molecule has 0 fully saturated rings. The second-order valence-electron chi connectivity index (χ2n) is 3.85. The molecule has 1 aliphatic rings. The van der Waals surface area contributed by atoms with E-state index in [2.05, 4.69) is 29.3 Å². The van der Waals surface area contributed by atoms with E-state index in [1.165, 1.54) is 18.2 Å². The molecule has 80 valence electrons. The fraction of sp³-hybridized carbons (Fsp3) is 0.417. The van der Waals surface area contributed by atoms with E-state index in [4.69, 9.17) is 0 Å². The first-order valence-corrected chi connectivity index (χ1v) is 5.36. The summed E-state index contributed by atoms with van der Waals surface area (Å²) in [6, 6.07) is 6.14. The third-order valence-corrected chi connectivity index (χ3v) is 2.77. The Kier molecular flexibility index (Phi) is 2.62. The minimum atomic E-state index is -0.0136. The molecule has 0 aliphatic carbocycles. The van der Waals surface area contributed by atoms with Gasteiger partial charge in [-0.15, -0.1) is 0 Å². The molecule has 0 saturated carbocycles. The third-order valence-electron chi connectivity index (χ3n) is 2.77. The Morgan fingerprint density at radius 1 is 1.53 bits per heavy atom. The van der Waals surface area contributed by atoms with Crippen LogP contribution in [-0.2, 0) is 11.2 Å². The maximum absolute atomic E-state index is 10.9. The fourth-order valence-electron chi connectivity index (χ4n) is 2.08. The monoisotopic (exact) mass is 204 g/mol. The van der Waals surface area contributed by atoms with Gasteiger partial charge in [0.15, 0.2) is 0 Å². The van der Waals surface area contributed by atoms with Crippen molar-refractivity contribution >= 4 is 17.3 Å². The highest BCUT2D eigenvalue weighted by atomic mass is 16.1. The Morgan fingerprint density at radius 3 is 3.00 bits per heavy atom. The average Bonchev–Trinajstić information content (AvgIpc) is 2.58. The van der Waals surface area contributed by atoms with E-state index in [-0.39, 0.29) is 5.91 Å². The van der Waals surface area contributed by atoms with Crippen LogP contribution in [0.15, 0.2) is 18.2 Å². The van der Waals surface area contributed by atoms with Gasteiger partial charge in [0.1, 0.15) is 0 Å². The third kappa shape index (κ3) is 1.96. The first-order chi connectivity index (χ1) is 7.20. The van der Waals surface area contributed by atoms with Gasteiger partial charge < -0.3 is 10.2 Å². The molecule has 1 aromatic carbocycles. The van der Waals surface area contributed by atoms with Gasteiger partial charge in [-0.1, -0.05) is 0 Å². The number of hydrogen-bond donors (Lipinski definition) is 1. The zero-order valence-corrected chi connectivity index (χ0v) is 9.21. The summed E-state index contributed by atoms with van der Waals surface area (Å²) in [5, 5.41) is 2.81. The van der Waals surface area contributed by atoms with Crippen LogP contribution in [0.1, 0.15) is 19.4 Å². The van der Waals surface area contributed by atoms with Crippen molar-refractivity contribution in [2.75, 3.05) is 23.3 Å². The Labute approximate surface area is 90.1 Å². The molecule has 2 rings (SSSR count). The van der Waals surface area contributed by atoms with Gasteiger partial charge in [-0.25, -0.2) is 0 Å². The number of carbonyl (C=O) groups is 1. The van der Waals surface area contributed by atoms with Crippen molar-refractivity contribution in [1.29, 1.82) is 0 Å². The van der Waals surface area contributed by atoms with Crippen LogP contribution < -0.4 is 10.2 Å². The molecule has 0 spiro atoms. The highest BCUT2D eigenvalue weighted by Gasteiger charge is 2.17. The van der Waals surface area contributed by atoms with Crippen molar-refractivity contribution in [2.24, 2.45) is 0 Å². The number of hydrogen-bond acceptors (Lipinski definition) is 2. The Bertz CT molecular complexity index is 387. The summed E-state index contributed by atoms with van der Waals surface area (Å²) in [5.74, 6) is -0.0136. The van der Waals surface area contributed by atoms with E-state index >= 15 is 0 Å². The van der Waals surface area contributed by atoms with Gasteiger partial charge in [0.05, 0.1) is 0 Å². The zero-order chi connectivity index (χ0) is 10.8. The number of benzene rings is 1. The normalized spacial score (nSPS) is 13.9.